The summed E-state index contributed by atoms with van der Waals surface area (Å²) in [7, 11) is 0. The molecule has 9 rings (SSSR count). The van der Waals surface area contributed by atoms with E-state index in [0.29, 0.717) is 0 Å². The molecule has 0 spiro atoms. The van der Waals surface area contributed by atoms with E-state index >= 15 is 0 Å². The lowest BCUT2D eigenvalue weighted by Gasteiger charge is -2.11. The second-order valence-corrected chi connectivity index (χ2v) is 14.4. The first-order valence-corrected chi connectivity index (χ1v) is 19.4. The molecule has 0 aliphatic carbocycles. The van der Waals surface area contributed by atoms with Crippen LogP contribution in [-0.2, 0) is 19.6 Å². The van der Waals surface area contributed by atoms with Crippen LogP contribution in [0.5, 0.6) is 5.75 Å². The molecule has 0 amide bonds. The van der Waals surface area contributed by atoms with E-state index < -0.39 is 0 Å². The number of para-hydroxylation sites is 5. The Morgan fingerprint density at radius 1 is 0.308 bits per heavy atom. The van der Waals surface area contributed by atoms with Gasteiger partial charge in [0.05, 0.1) is 12.1 Å². The van der Waals surface area contributed by atoms with Crippen molar-refractivity contribution in [1.29, 1.82) is 0 Å². The second-order valence-electron chi connectivity index (χ2n) is 14.4. The Kier molecular flexibility index (Phi) is 9.13. The molecular formula is C48H47N3O. The minimum atomic E-state index is 0.757. The number of hydrogen-bond acceptors (Lipinski definition) is 1. The molecule has 260 valence electrons. The molecule has 0 bridgehead atoms. The maximum absolute atomic E-state index is 6.37. The number of rotatable bonds is 15. The molecule has 0 aliphatic heterocycles. The number of unbranched alkanes of at least 4 members (excludes halogenated alkanes) is 6. The lowest BCUT2D eigenvalue weighted by Crippen LogP contribution is -2.01. The average molecular weight is 682 g/mol. The SMILES string of the molecule is c1ccc2c(c1)c1ccccc1n2CCCCCCOc1ccc2c3ccccc3n(CCCCCCn3c4ccccc4c4ccccc43)c2c1. The van der Waals surface area contributed by atoms with E-state index in [1.165, 1.54) is 110 Å². The Morgan fingerprint density at radius 3 is 1.04 bits per heavy atom. The zero-order valence-corrected chi connectivity index (χ0v) is 30.0. The Labute approximate surface area is 305 Å². The number of fused-ring (bicyclic) bond motifs is 9. The van der Waals surface area contributed by atoms with Crippen molar-refractivity contribution in [3.63, 3.8) is 0 Å². The van der Waals surface area contributed by atoms with E-state index in [9.17, 15) is 0 Å². The predicted molar refractivity (Wildman–Crippen MR) is 221 cm³/mol. The predicted octanol–water partition coefficient (Wildman–Crippen LogP) is 12.9. The number of aryl methyl sites for hydroxylation is 3. The van der Waals surface area contributed by atoms with Gasteiger partial charge in [0.25, 0.3) is 0 Å². The van der Waals surface area contributed by atoms with Gasteiger partial charge in [-0.05, 0) is 68.1 Å². The van der Waals surface area contributed by atoms with E-state index in [1.807, 2.05) is 0 Å². The fourth-order valence-electron chi connectivity index (χ4n) is 8.66. The van der Waals surface area contributed by atoms with Gasteiger partial charge in [-0.3, -0.25) is 0 Å². The molecule has 0 saturated heterocycles. The Morgan fingerprint density at radius 2 is 0.635 bits per heavy atom. The van der Waals surface area contributed by atoms with E-state index in [1.54, 1.807) is 0 Å². The highest BCUT2D eigenvalue weighted by Crippen LogP contribution is 2.33. The standard InChI is InChI=1S/C48H47N3O/c1(15-31-49-43-24-10-5-19-37(43)38-20-6-11-25-44(38)49)2-16-33-51-47-28-14-9-23-41(47)42-30-29-36(35-48(42)51)52-34-18-4-3-17-32-50-45-26-12-7-21-39(45)40-22-8-13-27-46(40)50/h5-14,19-30,35H,1-4,15-18,31-34H2. The van der Waals surface area contributed by atoms with Crippen molar-refractivity contribution in [2.24, 2.45) is 0 Å². The molecule has 52 heavy (non-hydrogen) atoms. The third-order valence-corrected chi connectivity index (χ3v) is 11.2. The van der Waals surface area contributed by atoms with Crippen molar-refractivity contribution >= 4 is 65.4 Å². The molecule has 6 aromatic carbocycles. The number of nitrogens with zero attached hydrogens (tertiary/aromatic N) is 3. The van der Waals surface area contributed by atoms with E-state index in [4.69, 9.17) is 4.74 Å². The van der Waals surface area contributed by atoms with Crippen molar-refractivity contribution in [1.82, 2.24) is 13.7 Å². The zero-order valence-electron chi connectivity index (χ0n) is 30.0. The number of aromatic nitrogens is 3. The van der Waals surface area contributed by atoms with Crippen molar-refractivity contribution in [2.75, 3.05) is 6.61 Å². The molecule has 9 aromatic rings. The summed E-state index contributed by atoms with van der Waals surface area (Å²) in [6.07, 6.45) is 9.43. The zero-order chi connectivity index (χ0) is 34.7. The molecule has 0 atom stereocenters. The summed E-state index contributed by atoms with van der Waals surface area (Å²) in [4.78, 5) is 0. The van der Waals surface area contributed by atoms with Crippen LogP contribution < -0.4 is 4.74 Å². The van der Waals surface area contributed by atoms with Crippen LogP contribution in [0.3, 0.4) is 0 Å². The monoisotopic (exact) mass is 681 g/mol. The maximum atomic E-state index is 6.37. The summed E-state index contributed by atoms with van der Waals surface area (Å²) in [5.74, 6) is 0.980. The van der Waals surface area contributed by atoms with E-state index in [0.717, 1.165) is 38.4 Å². The summed E-state index contributed by atoms with van der Waals surface area (Å²) >= 11 is 0. The van der Waals surface area contributed by atoms with Gasteiger partial charge < -0.3 is 18.4 Å². The van der Waals surface area contributed by atoms with Crippen molar-refractivity contribution in [2.45, 2.75) is 71.0 Å². The van der Waals surface area contributed by atoms with Crippen LogP contribution in [0, 0.1) is 0 Å². The first kappa shape index (κ1) is 32.4. The van der Waals surface area contributed by atoms with Crippen LogP contribution in [0.25, 0.3) is 65.4 Å². The molecule has 3 heterocycles. The second kappa shape index (κ2) is 14.6. The average Bonchev–Trinajstić information content (AvgIpc) is 3.81. The fourth-order valence-corrected chi connectivity index (χ4v) is 8.66. The third-order valence-electron chi connectivity index (χ3n) is 11.2. The smallest absolute Gasteiger partial charge is 0.121 e. The van der Waals surface area contributed by atoms with Crippen LogP contribution in [0.4, 0.5) is 0 Å². The fraction of sp³-hybridized carbons (Fsp3) is 0.250. The molecular weight excluding hydrogens is 635 g/mol. The summed E-state index contributed by atoms with van der Waals surface area (Å²) in [5.41, 5.74) is 7.99. The van der Waals surface area contributed by atoms with Crippen molar-refractivity contribution in [3.05, 3.63) is 140 Å². The van der Waals surface area contributed by atoms with Gasteiger partial charge in [-0.15, -0.1) is 0 Å². The molecule has 0 saturated carbocycles. The molecule has 4 heteroatoms. The van der Waals surface area contributed by atoms with E-state index in [-0.39, 0.29) is 0 Å². The van der Waals surface area contributed by atoms with Gasteiger partial charge in [0, 0.05) is 85.6 Å². The van der Waals surface area contributed by atoms with Gasteiger partial charge in [0.15, 0.2) is 0 Å². The Bertz CT molecular complexity index is 2530. The first-order valence-electron chi connectivity index (χ1n) is 19.4. The lowest BCUT2D eigenvalue weighted by atomic mass is 10.1. The number of ether oxygens (including phenoxy) is 1. The minimum absolute atomic E-state index is 0.757. The highest BCUT2D eigenvalue weighted by molar-refractivity contribution is 6.09. The van der Waals surface area contributed by atoms with Gasteiger partial charge in [-0.2, -0.15) is 0 Å². The molecule has 0 fully saturated rings. The molecule has 0 N–H and O–H groups in total. The third kappa shape index (κ3) is 6.11. The van der Waals surface area contributed by atoms with Gasteiger partial charge in [-0.1, -0.05) is 117 Å². The highest BCUT2D eigenvalue weighted by Gasteiger charge is 2.13. The van der Waals surface area contributed by atoms with Crippen molar-refractivity contribution < 1.29 is 4.74 Å². The summed E-state index contributed by atoms with van der Waals surface area (Å²) in [6.45, 7) is 3.89. The molecule has 3 aromatic heterocycles. The number of hydrogen-bond donors (Lipinski definition) is 0. The summed E-state index contributed by atoms with van der Waals surface area (Å²) in [6, 6.07) is 50.9. The summed E-state index contributed by atoms with van der Waals surface area (Å²) < 4.78 is 13.9. The van der Waals surface area contributed by atoms with Crippen LogP contribution >= 0.6 is 0 Å². The largest absolute Gasteiger partial charge is 0.494 e. The maximum Gasteiger partial charge on any atom is 0.121 e. The van der Waals surface area contributed by atoms with Gasteiger partial charge in [0.1, 0.15) is 5.75 Å². The lowest BCUT2D eigenvalue weighted by molar-refractivity contribution is 0.304. The van der Waals surface area contributed by atoms with Crippen LogP contribution in [0.1, 0.15) is 51.4 Å². The molecule has 0 unspecified atom stereocenters. The molecule has 0 radical (unpaired) electrons. The van der Waals surface area contributed by atoms with Crippen LogP contribution in [0.15, 0.2) is 140 Å². The first-order chi connectivity index (χ1) is 25.8. The normalized spacial score (nSPS) is 12.0. The topological polar surface area (TPSA) is 24.0 Å². The van der Waals surface area contributed by atoms with Crippen LogP contribution in [-0.4, -0.2) is 20.3 Å². The quantitative estimate of drug-likeness (QED) is 0.0988. The highest BCUT2D eigenvalue weighted by atomic mass is 16.5. The van der Waals surface area contributed by atoms with Gasteiger partial charge in [0.2, 0.25) is 0 Å². The number of benzene rings is 6. The Balaban J connectivity index is 0.789. The molecule has 0 aliphatic rings. The minimum Gasteiger partial charge on any atom is -0.494 e. The van der Waals surface area contributed by atoms with Crippen molar-refractivity contribution in [3.8, 4) is 5.75 Å². The van der Waals surface area contributed by atoms with E-state index in [2.05, 4.69) is 153 Å². The Hall–Kier alpha value is -5.48. The molecule has 4 nitrogen and oxygen atoms in total. The van der Waals surface area contributed by atoms with Gasteiger partial charge >= 0.3 is 0 Å². The van der Waals surface area contributed by atoms with Crippen LogP contribution in [0.2, 0.25) is 0 Å². The van der Waals surface area contributed by atoms with Gasteiger partial charge in [-0.25, -0.2) is 0 Å². The summed E-state index contributed by atoms with van der Waals surface area (Å²) in [5, 5.41) is 8.08.